The number of nitrogens with one attached hydrogen (secondary N) is 2. The molecule has 1 aliphatic carbocycles. The van der Waals surface area contributed by atoms with E-state index < -0.39 is 0 Å². The highest BCUT2D eigenvalue weighted by molar-refractivity contribution is 6.03. The van der Waals surface area contributed by atoms with Crippen LogP contribution in [0, 0.1) is 5.92 Å². The highest BCUT2D eigenvalue weighted by atomic mass is 16.3. The largest absolute Gasteiger partial charge is 0.396 e. The summed E-state index contributed by atoms with van der Waals surface area (Å²) in [7, 11) is 0. The summed E-state index contributed by atoms with van der Waals surface area (Å²) in [6, 6.07) is 5.43. The number of hydrogen-bond acceptors (Lipinski definition) is 6. The summed E-state index contributed by atoms with van der Waals surface area (Å²) in [5.74, 6) is 1.20. The second-order valence-corrected chi connectivity index (χ2v) is 7.86. The monoisotopic (exact) mass is 408 g/mol. The fourth-order valence-corrected chi connectivity index (χ4v) is 4.11. The summed E-state index contributed by atoms with van der Waals surface area (Å²) in [5, 5.41) is 20.7. The Kier molecular flexibility index (Phi) is 6.23. The molecule has 2 atom stereocenters. The van der Waals surface area contributed by atoms with Crippen molar-refractivity contribution in [1.29, 1.82) is 0 Å². The van der Waals surface area contributed by atoms with Crippen LogP contribution in [-0.2, 0) is 6.42 Å². The van der Waals surface area contributed by atoms with E-state index >= 15 is 0 Å². The Labute approximate surface area is 175 Å². The number of nitrogens with zero attached hydrogens (tertiary/aromatic N) is 4. The summed E-state index contributed by atoms with van der Waals surface area (Å²) in [6.07, 6.45) is 11.1. The van der Waals surface area contributed by atoms with Gasteiger partial charge in [0.05, 0.1) is 11.8 Å². The number of hydrogen-bond donors (Lipinski definition) is 3. The van der Waals surface area contributed by atoms with E-state index in [9.17, 15) is 9.90 Å². The van der Waals surface area contributed by atoms with Gasteiger partial charge in [0.25, 0.3) is 5.91 Å². The van der Waals surface area contributed by atoms with Gasteiger partial charge in [0.2, 0.25) is 0 Å². The van der Waals surface area contributed by atoms with Gasteiger partial charge in [-0.1, -0.05) is 26.2 Å². The van der Waals surface area contributed by atoms with Gasteiger partial charge in [-0.2, -0.15) is 9.61 Å². The highest BCUT2D eigenvalue weighted by Gasteiger charge is 2.25. The van der Waals surface area contributed by atoms with Crippen LogP contribution in [0.3, 0.4) is 0 Å². The first-order valence-corrected chi connectivity index (χ1v) is 10.7. The molecule has 1 amide bonds. The number of aliphatic hydroxyl groups is 1. The van der Waals surface area contributed by atoms with Crippen molar-refractivity contribution in [1.82, 2.24) is 19.6 Å². The third-order valence-corrected chi connectivity index (χ3v) is 5.71. The summed E-state index contributed by atoms with van der Waals surface area (Å²) < 4.78 is 1.68. The molecule has 3 aromatic heterocycles. The molecule has 8 nitrogen and oxygen atoms in total. The number of anilines is 2. The van der Waals surface area contributed by atoms with E-state index in [-0.39, 0.29) is 24.5 Å². The van der Waals surface area contributed by atoms with Crippen LogP contribution in [0.5, 0.6) is 0 Å². The number of aromatic nitrogens is 4. The lowest BCUT2D eigenvalue weighted by Crippen LogP contribution is -2.34. The zero-order valence-electron chi connectivity index (χ0n) is 17.2. The Morgan fingerprint density at radius 2 is 2.17 bits per heavy atom. The fourth-order valence-electron chi connectivity index (χ4n) is 4.11. The van der Waals surface area contributed by atoms with Crippen molar-refractivity contribution in [2.45, 2.75) is 51.5 Å². The summed E-state index contributed by atoms with van der Waals surface area (Å²) in [4.78, 5) is 21.5. The molecule has 4 rings (SSSR count). The lowest BCUT2D eigenvalue weighted by atomic mass is 9.85. The van der Waals surface area contributed by atoms with Gasteiger partial charge >= 0.3 is 0 Å². The van der Waals surface area contributed by atoms with Crippen molar-refractivity contribution in [3.05, 3.63) is 47.9 Å². The molecule has 1 fully saturated rings. The van der Waals surface area contributed by atoms with E-state index in [4.69, 9.17) is 4.98 Å². The van der Waals surface area contributed by atoms with E-state index in [1.807, 2.05) is 12.3 Å². The van der Waals surface area contributed by atoms with E-state index in [0.29, 0.717) is 17.2 Å². The minimum atomic E-state index is -0.250. The van der Waals surface area contributed by atoms with Gasteiger partial charge in [0.15, 0.2) is 5.65 Å². The Balaban J connectivity index is 1.68. The molecule has 158 valence electrons. The van der Waals surface area contributed by atoms with Crippen LogP contribution in [0.2, 0.25) is 0 Å². The molecule has 0 aliphatic heterocycles. The molecule has 3 heterocycles. The molecule has 0 unspecified atom stereocenters. The van der Waals surface area contributed by atoms with E-state index in [1.54, 1.807) is 22.8 Å². The van der Waals surface area contributed by atoms with Gasteiger partial charge in [-0.15, -0.1) is 0 Å². The Bertz CT molecular complexity index is 1000. The molecule has 30 heavy (non-hydrogen) atoms. The third kappa shape index (κ3) is 4.28. The molecule has 3 N–H and O–H groups in total. The number of rotatable bonds is 7. The Morgan fingerprint density at radius 1 is 1.30 bits per heavy atom. The van der Waals surface area contributed by atoms with Crippen molar-refractivity contribution >= 4 is 23.2 Å². The predicted molar refractivity (Wildman–Crippen MR) is 116 cm³/mol. The topological polar surface area (TPSA) is 104 Å². The number of amides is 1. The minimum Gasteiger partial charge on any atom is -0.396 e. The molecule has 0 spiro atoms. The Morgan fingerprint density at radius 3 is 2.93 bits per heavy atom. The first-order chi connectivity index (χ1) is 14.7. The van der Waals surface area contributed by atoms with Crippen molar-refractivity contribution in [2.24, 2.45) is 5.92 Å². The Hall–Kier alpha value is -3.00. The molecular weight excluding hydrogens is 380 g/mol. The zero-order valence-corrected chi connectivity index (χ0v) is 17.2. The van der Waals surface area contributed by atoms with Crippen LogP contribution < -0.4 is 10.6 Å². The van der Waals surface area contributed by atoms with Gasteiger partial charge in [-0.05, 0) is 31.4 Å². The molecule has 8 heteroatoms. The van der Waals surface area contributed by atoms with Crippen molar-refractivity contribution < 1.29 is 9.90 Å². The average Bonchev–Trinajstić information content (AvgIpc) is 3.18. The maximum atomic E-state index is 12.7. The second-order valence-electron chi connectivity index (χ2n) is 7.86. The van der Waals surface area contributed by atoms with E-state index in [0.717, 1.165) is 49.7 Å². The molecule has 0 radical (unpaired) electrons. The van der Waals surface area contributed by atoms with Crippen LogP contribution in [-0.4, -0.2) is 43.2 Å². The predicted octanol–water partition coefficient (Wildman–Crippen LogP) is 3.29. The quantitative estimate of drug-likeness (QED) is 0.554. The summed E-state index contributed by atoms with van der Waals surface area (Å²) >= 11 is 0. The van der Waals surface area contributed by atoms with E-state index in [1.165, 1.54) is 6.20 Å². The van der Waals surface area contributed by atoms with Gasteiger partial charge < -0.3 is 15.7 Å². The van der Waals surface area contributed by atoms with Crippen LogP contribution in [0.1, 0.15) is 54.9 Å². The standard InChI is InChI=1S/C22H28N6O2/c1-2-6-15-13-24-28-20(27-22(30)16-8-5-10-23-12-16)11-19(26-21(15)28)25-18-9-4-3-7-17(18)14-29/h5,8,10-13,17-18,29H,2-4,6-7,9,14H2,1H3,(H,25,26)(H,27,30)/t17-,18-/m1/s1. The van der Waals surface area contributed by atoms with Crippen LogP contribution >= 0.6 is 0 Å². The fraction of sp³-hybridized carbons (Fsp3) is 0.455. The zero-order chi connectivity index (χ0) is 20.9. The van der Waals surface area contributed by atoms with E-state index in [2.05, 4.69) is 27.6 Å². The molecule has 0 saturated heterocycles. The third-order valence-electron chi connectivity index (χ3n) is 5.71. The average molecular weight is 409 g/mol. The second kappa shape index (κ2) is 9.21. The molecule has 1 aliphatic rings. The minimum absolute atomic E-state index is 0.165. The van der Waals surface area contributed by atoms with Crippen LogP contribution in [0.25, 0.3) is 5.65 Å². The SMILES string of the molecule is CCCc1cnn2c(NC(=O)c3cccnc3)cc(N[C@@H]3CCCC[C@@H]3CO)nc12. The lowest BCUT2D eigenvalue weighted by molar-refractivity contribution is 0.102. The lowest BCUT2D eigenvalue weighted by Gasteiger charge is -2.31. The van der Waals surface area contributed by atoms with Gasteiger partial charge in [-0.25, -0.2) is 4.98 Å². The number of carbonyl (C=O) groups is 1. The first kappa shape index (κ1) is 20.3. The molecule has 0 bridgehead atoms. The highest BCUT2D eigenvalue weighted by Crippen LogP contribution is 2.28. The molecular formula is C22H28N6O2. The number of pyridine rings is 1. The van der Waals surface area contributed by atoms with Gasteiger partial charge in [-0.3, -0.25) is 9.78 Å². The van der Waals surface area contributed by atoms with Gasteiger partial charge in [0, 0.05) is 42.6 Å². The molecule has 0 aromatic carbocycles. The maximum absolute atomic E-state index is 12.7. The van der Waals surface area contributed by atoms with Crippen molar-refractivity contribution in [3.63, 3.8) is 0 Å². The molecule has 3 aromatic rings. The molecule has 1 saturated carbocycles. The summed E-state index contributed by atoms with van der Waals surface area (Å²) in [5.41, 5.74) is 2.26. The number of carbonyl (C=O) groups excluding carboxylic acids is 1. The van der Waals surface area contributed by atoms with Gasteiger partial charge in [0.1, 0.15) is 11.6 Å². The van der Waals surface area contributed by atoms with Crippen molar-refractivity contribution in [2.75, 3.05) is 17.2 Å². The normalized spacial score (nSPS) is 19.0. The number of aliphatic hydroxyl groups excluding tert-OH is 1. The van der Waals surface area contributed by atoms with Crippen LogP contribution in [0.15, 0.2) is 36.8 Å². The van der Waals surface area contributed by atoms with Crippen LogP contribution in [0.4, 0.5) is 11.6 Å². The number of aryl methyl sites for hydroxylation is 1. The summed E-state index contributed by atoms with van der Waals surface area (Å²) in [6.45, 7) is 2.28. The number of fused-ring (bicyclic) bond motifs is 1. The first-order valence-electron chi connectivity index (χ1n) is 10.7. The smallest absolute Gasteiger partial charge is 0.258 e. The maximum Gasteiger partial charge on any atom is 0.258 e. The van der Waals surface area contributed by atoms with Crippen molar-refractivity contribution in [3.8, 4) is 0 Å².